The Labute approximate surface area is 198 Å². The number of likely N-dealkylation sites (N-methyl/N-ethyl adjacent to an activating group) is 1. The van der Waals surface area contributed by atoms with E-state index in [1.807, 2.05) is 32.8 Å². The molecule has 1 unspecified atom stereocenters. The number of likely N-dealkylation sites (tertiary alicyclic amines) is 1. The second-order valence-corrected chi connectivity index (χ2v) is 8.74. The molecule has 0 saturated carbocycles. The summed E-state index contributed by atoms with van der Waals surface area (Å²) in [5, 5.41) is 21.1. The molecule has 3 rings (SSSR count). The van der Waals surface area contributed by atoms with Crippen LogP contribution in [0, 0.1) is 6.92 Å². The van der Waals surface area contributed by atoms with Crippen LogP contribution in [-0.2, 0) is 9.59 Å². The molecular weight excluding hydrogens is 444 g/mol. The topological polar surface area (TPSA) is 90.3 Å². The van der Waals surface area contributed by atoms with E-state index < -0.39 is 17.7 Å². The van der Waals surface area contributed by atoms with Gasteiger partial charge >= 0.3 is 0 Å². The number of carbonyl (C=O) groups is 2. The van der Waals surface area contributed by atoms with E-state index in [-0.39, 0.29) is 28.6 Å². The van der Waals surface area contributed by atoms with Gasteiger partial charge < -0.3 is 24.7 Å². The summed E-state index contributed by atoms with van der Waals surface area (Å²) in [5.74, 6) is -1.12. The van der Waals surface area contributed by atoms with Crippen LogP contribution in [0.25, 0.3) is 5.76 Å². The zero-order valence-corrected chi connectivity index (χ0v) is 20.0. The maximum absolute atomic E-state index is 13.1. The van der Waals surface area contributed by atoms with Crippen LogP contribution < -0.4 is 4.74 Å². The molecule has 1 heterocycles. The van der Waals surface area contributed by atoms with Crippen molar-refractivity contribution in [2.45, 2.75) is 26.3 Å². The molecule has 7 nitrogen and oxygen atoms in total. The lowest BCUT2D eigenvalue weighted by atomic mass is 9.94. The van der Waals surface area contributed by atoms with Crippen molar-refractivity contribution in [3.05, 3.63) is 63.7 Å². The molecule has 1 saturated heterocycles. The van der Waals surface area contributed by atoms with Gasteiger partial charge in [0.1, 0.15) is 17.3 Å². The number of ketones is 1. The Bertz CT molecular complexity index is 1100. The van der Waals surface area contributed by atoms with Crippen LogP contribution in [0.4, 0.5) is 0 Å². The molecule has 1 aliphatic rings. The molecular formula is C25H29ClN2O5. The second kappa shape index (κ2) is 10.3. The van der Waals surface area contributed by atoms with E-state index in [9.17, 15) is 19.8 Å². The molecule has 0 aromatic heterocycles. The number of carbonyl (C=O) groups excluding carboxylic acids is 2. The Kier molecular flexibility index (Phi) is 7.66. The number of rotatable bonds is 8. The van der Waals surface area contributed by atoms with Crippen molar-refractivity contribution in [2.75, 3.05) is 33.8 Å². The van der Waals surface area contributed by atoms with E-state index in [1.165, 1.54) is 17.0 Å². The summed E-state index contributed by atoms with van der Waals surface area (Å²) in [6.07, 6.45) is 0.868. The maximum Gasteiger partial charge on any atom is 0.295 e. The Morgan fingerprint density at radius 1 is 1.18 bits per heavy atom. The van der Waals surface area contributed by atoms with E-state index in [4.69, 9.17) is 16.3 Å². The van der Waals surface area contributed by atoms with Crippen molar-refractivity contribution in [1.82, 2.24) is 9.80 Å². The zero-order valence-electron chi connectivity index (χ0n) is 19.3. The van der Waals surface area contributed by atoms with Crippen molar-refractivity contribution in [3.63, 3.8) is 0 Å². The van der Waals surface area contributed by atoms with Gasteiger partial charge in [0, 0.05) is 18.7 Å². The summed E-state index contributed by atoms with van der Waals surface area (Å²) in [6.45, 7) is 5.25. The van der Waals surface area contributed by atoms with Crippen LogP contribution in [-0.4, -0.2) is 65.5 Å². The second-order valence-electron chi connectivity index (χ2n) is 8.34. The summed E-state index contributed by atoms with van der Waals surface area (Å²) in [4.78, 5) is 29.4. The summed E-state index contributed by atoms with van der Waals surface area (Å²) >= 11 is 6.13. The minimum absolute atomic E-state index is 0.0119. The van der Waals surface area contributed by atoms with Crippen molar-refractivity contribution in [2.24, 2.45) is 0 Å². The molecule has 0 radical (unpaired) electrons. The van der Waals surface area contributed by atoms with E-state index in [1.54, 1.807) is 24.3 Å². The molecule has 33 heavy (non-hydrogen) atoms. The average molecular weight is 473 g/mol. The van der Waals surface area contributed by atoms with Gasteiger partial charge in [-0.2, -0.15) is 0 Å². The Balaban J connectivity index is 2.12. The van der Waals surface area contributed by atoms with E-state index in [0.717, 1.165) is 12.0 Å². The lowest BCUT2D eigenvalue weighted by Crippen LogP contribution is -2.35. The molecule has 1 atom stereocenters. The smallest absolute Gasteiger partial charge is 0.295 e. The summed E-state index contributed by atoms with van der Waals surface area (Å²) in [6, 6.07) is 8.83. The normalized spacial score (nSPS) is 17.8. The minimum Gasteiger partial charge on any atom is -0.507 e. The predicted molar refractivity (Wildman–Crippen MR) is 128 cm³/mol. The number of nitrogens with zero attached hydrogens (tertiary/aromatic N) is 2. The number of phenolic OH excluding ortho intramolecular Hbond substituents is 1. The van der Waals surface area contributed by atoms with Gasteiger partial charge in [-0.3, -0.25) is 9.59 Å². The maximum atomic E-state index is 13.1. The third-order valence-corrected chi connectivity index (χ3v) is 5.83. The highest BCUT2D eigenvalue weighted by Crippen LogP contribution is 2.41. The van der Waals surface area contributed by atoms with Gasteiger partial charge in [-0.15, -0.1) is 0 Å². The molecule has 1 fully saturated rings. The number of aliphatic hydroxyl groups is 1. The number of aryl methyl sites for hydroxylation is 1. The molecule has 176 valence electrons. The van der Waals surface area contributed by atoms with Gasteiger partial charge in [0.2, 0.25) is 0 Å². The lowest BCUT2D eigenvalue weighted by Gasteiger charge is -2.26. The fourth-order valence-electron chi connectivity index (χ4n) is 3.78. The van der Waals surface area contributed by atoms with Gasteiger partial charge in [-0.05, 0) is 68.9 Å². The minimum atomic E-state index is -0.834. The zero-order chi connectivity index (χ0) is 24.3. The number of halogens is 1. The highest BCUT2D eigenvalue weighted by molar-refractivity contribution is 6.46. The number of phenols is 1. The number of ether oxygens (including phenoxy) is 1. The Hall–Kier alpha value is -3.03. The quantitative estimate of drug-likeness (QED) is 0.341. The van der Waals surface area contributed by atoms with E-state index in [2.05, 4.69) is 0 Å². The van der Waals surface area contributed by atoms with Gasteiger partial charge in [0.05, 0.1) is 23.2 Å². The third-order valence-electron chi connectivity index (χ3n) is 5.53. The number of hydrogen-bond donors (Lipinski definition) is 2. The molecule has 8 heteroatoms. The number of aliphatic hydroxyl groups excluding tert-OH is 1. The van der Waals surface area contributed by atoms with Crippen LogP contribution in [0.2, 0.25) is 5.02 Å². The van der Waals surface area contributed by atoms with Crippen molar-refractivity contribution >= 4 is 29.1 Å². The fourth-order valence-corrected chi connectivity index (χ4v) is 3.97. The van der Waals surface area contributed by atoms with Crippen molar-refractivity contribution in [1.29, 1.82) is 0 Å². The molecule has 2 aromatic rings. The van der Waals surface area contributed by atoms with Crippen molar-refractivity contribution in [3.8, 4) is 11.5 Å². The predicted octanol–water partition coefficient (Wildman–Crippen LogP) is 4.13. The van der Waals surface area contributed by atoms with Gasteiger partial charge in [0.15, 0.2) is 0 Å². The van der Waals surface area contributed by atoms with E-state index in [0.29, 0.717) is 30.0 Å². The van der Waals surface area contributed by atoms with E-state index >= 15 is 0 Å². The summed E-state index contributed by atoms with van der Waals surface area (Å²) in [5.41, 5.74) is 1.73. The largest absolute Gasteiger partial charge is 0.507 e. The summed E-state index contributed by atoms with van der Waals surface area (Å²) in [7, 11) is 3.74. The van der Waals surface area contributed by atoms with Crippen LogP contribution in [0.5, 0.6) is 11.5 Å². The van der Waals surface area contributed by atoms with Crippen LogP contribution in [0.1, 0.15) is 36.1 Å². The lowest BCUT2D eigenvalue weighted by molar-refractivity contribution is -0.140. The highest BCUT2D eigenvalue weighted by atomic mass is 35.5. The Morgan fingerprint density at radius 3 is 2.52 bits per heavy atom. The molecule has 0 bridgehead atoms. The number of amides is 1. The van der Waals surface area contributed by atoms with Crippen LogP contribution >= 0.6 is 11.6 Å². The molecule has 2 aromatic carbocycles. The monoisotopic (exact) mass is 472 g/mol. The number of aromatic hydroxyl groups is 1. The SMILES string of the molecule is CCCOc1ccc(/C(O)=C2/C(=O)C(=O)N(CCN(C)C)C2c2ccc(O)c(Cl)c2)cc1C. The molecule has 2 N–H and O–H groups in total. The summed E-state index contributed by atoms with van der Waals surface area (Å²) < 4.78 is 5.70. The standard InChI is InChI=1S/C25H29ClN2O5/c1-5-12-33-20-9-7-17(13-15(20)2)23(30)21-22(16-6-8-19(29)18(26)14-16)28(11-10-27(3)4)25(32)24(21)31/h6-9,13-14,22,29-30H,5,10-12H2,1-4H3/b23-21-. The molecule has 0 aliphatic carbocycles. The number of hydrogen-bond acceptors (Lipinski definition) is 6. The fraction of sp³-hybridized carbons (Fsp3) is 0.360. The van der Waals surface area contributed by atoms with Crippen LogP contribution in [0.3, 0.4) is 0 Å². The highest BCUT2D eigenvalue weighted by Gasteiger charge is 2.46. The number of Topliss-reactive ketones (excluding diaryl/α,β-unsaturated/α-hetero) is 1. The first-order chi connectivity index (χ1) is 15.6. The van der Waals surface area contributed by atoms with Gasteiger partial charge in [-0.1, -0.05) is 24.6 Å². The van der Waals surface area contributed by atoms with Crippen LogP contribution in [0.15, 0.2) is 42.0 Å². The molecule has 1 aliphatic heterocycles. The Morgan fingerprint density at radius 2 is 1.91 bits per heavy atom. The molecule has 0 spiro atoms. The molecule has 1 amide bonds. The van der Waals surface area contributed by atoms with Crippen molar-refractivity contribution < 1.29 is 24.5 Å². The first-order valence-corrected chi connectivity index (χ1v) is 11.2. The average Bonchev–Trinajstić information content (AvgIpc) is 3.03. The first kappa shape index (κ1) is 24.6. The first-order valence-electron chi connectivity index (χ1n) is 10.8. The third kappa shape index (κ3) is 5.15. The van der Waals surface area contributed by atoms with Gasteiger partial charge in [-0.25, -0.2) is 0 Å². The number of benzene rings is 2. The van der Waals surface area contributed by atoms with Gasteiger partial charge in [0.25, 0.3) is 11.7 Å².